The highest BCUT2D eigenvalue weighted by atomic mass is 79.9. The van der Waals surface area contributed by atoms with E-state index in [1.54, 1.807) is 0 Å². The minimum atomic E-state index is 0.851. The smallest absolute Gasteiger partial charge is 0.0194 e. The van der Waals surface area contributed by atoms with Crippen LogP contribution in [0.5, 0.6) is 0 Å². The zero-order valence-corrected chi connectivity index (χ0v) is 10.3. The minimum absolute atomic E-state index is 0.851. The fourth-order valence-corrected chi connectivity index (χ4v) is 2.11. The fraction of sp³-hybridized carbons (Fsp3) is 0.143. The van der Waals surface area contributed by atoms with Crippen LogP contribution in [0, 0.1) is 0 Å². The largest absolute Gasteiger partial charge is 0.0847 e. The van der Waals surface area contributed by atoms with Crippen LogP contribution in [0.3, 0.4) is 0 Å². The van der Waals surface area contributed by atoms with Crippen molar-refractivity contribution in [2.75, 3.05) is 0 Å². The van der Waals surface area contributed by atoms with E-state index in [9.17, 15) is 0 Å². The maximum Gasteiger partial charge on any atom is 0.0194 e. The van der Waals surface area contributed by atoms with Gasteiger partial charge in [0.05, 0.1) is 0 Å². The fourth-order valence-electron chi connectivity index (χ4n) is 0.381. The van der Waals surface area contributed by atoms with Crippen LogP contribution in [0.4, 0.5) is 0 Å². The van der Waals surface area contributed by atoms with Gasteiger partial charge in [-0.25, -0.2) is 0 Å². The monoisotopic (exact) mass is 328 g/mol. The molecular weight excluding hydrogens is 324 g/mol. The molecule has 0 aromatic rings. The predicted octanol–water partition coefficient (Wildman–Crippen LogP) is 4.47. The van der Waals surface area contributed by atoms with Gasteiger partial charge in [-0.1, -0.05) is 54.4 Å². The van der Waals surface area contributed by atoms with E-state index in [0.29, 0.717) is 0 Å². The van der Waals surface area contributed by atoms with Crippen LogP contribution in [-0.4, -0.2) is 0 Å². The standard InChI is InChI=1S/C7H7Br3/c1-5(8)3-7(10)4-6(2)9/h3-4H,1H2,2H3/b6-4+,7-3+. The summed E-state index contributed by atoms with van der Waals surface area (Å²) in [5, 5.41) is 0. The minimum Gasteiger partial charge on any atom is -0.0847 e. The Balaban J connectivity index is 4.22. The van der Waals surface area contributed by atoms with Crippen molar-refractivity contribution >= 4 is 47.8 Å². The van der Waals surface area contributed by atoms with Gasteiger partial charge in [-0.2, -0.15) is 0 Å². The van der Waals surface area contributed by atoms with Crippen molar-refractivity contribution in [2.24, 2.45) is 0 Å². The normalized spacial score (nSPS) is 13.6. The second-order valence-electron chi connectivity index (χ2n) is 1.71. The van der Waals surface area contributed by atoms with E-state index in [4.69, 9.17) is 0 Å². The van der Waals surface area contributed by atoms with Crippen molar-refractivity contribution in [2.45, 2.75) is 6.92 Å². The molecule has 0 aliphatic rings. The van der Waals surface area contributed by atoms with Crippen molar-refractivity contribution in [3.05, 3.63) is 32.2 Å². The van der Waals surface area contributed by atoms with Crippen LogP contribution in [0.25, 0.3) is 0 Å². The molecule has 0 aromatic carbocycles. The van der Waals surface area contributed by atoms with E-state index in [0.717, 1.165) is 13.4 Å². The van der Waals surface area contributed by atoms with Gasteiger partial charge in [-0.05, 0) is 23.6 Å². The Morgan fingerprint density at radius 3 is 2.00 bits per heavy atom. The molecule has 0 aliphatic carbocycles. The number of hydrogen-bond acceptors (Lipinski definition) is 0. The molecule has 0 rings (SSSR count). The number of rotatable bonds is 2. The van der Waals surface area contributed by atoms with Crippen molar-refractivity contribution < 1.29 is 0 Å². The topological polar surface area (TPSA) is 0 Å². The van der Waals surface area contributed by atoms with Crippen LogP contribution in [0.15, 0.2) is 32.2 Å². The average molecular weight is 331 g/mol. The molecule has 0 saturated carbocycles. The summed E-state index contributed by atoms with van der Waals surface area (Å²) in [6.45, 7) is 5.63. The van der Waals surface area contributed by atoms with E-state index in [1.807, 2.05) is 19.1 Å². The van der Waals surface area contributed by atoms with Crippen LogP contribution >= 0.6 is 47.8 Å². The van der Waals surface area contributed by atoms with Crippen molar-refractivity contribution in [3.63, 3.8) is 0 Å². The Hall–Kier alpha value is 0.660. The van der Waals surface area contributed by atoms with E-state index >= 15 is 0 Å². The first-order valence-corrected chi connectivity index (χ1v) is 4.95. The zero-order valence-electron chi connectivity index (χ0n) is 5.50. The predicted molar refractivity (Wildman–Crippen MR) is 57.8 cm³/mol. The molecule has 0 unspecified atom stereocenters. The SMILES string of the molecule is C=C(Br)/C=C(Br)\C=C(/C)Br. The van der Waals surface area contributed by atoms with Gasteiger partial charge in [0.15, 0.2) is 0 Å². The third kappa shape index (κ3) is 6.78. The summed E-state index contributed by atoms with van der Waals surface area (Å²) in [5.41, 5.74) is 0. The lowest BCUT2D eigenvalue weighted by Crippen LogP contribution is -1.64. The van der Waals surface area contributed by atoms with Gasteiger partial charge in [0.2, 0.25) is 0 Å². The number of hydrogen-bond donors (Lipinski definition) is 0. The molecule has 0 spiro atoms. The summed E-state index contributed by atoms with van der Waals surface area (Å²) in [6.07, 6.45) is 3.83. The Morgan fingerprint density at radius 1 is 1.20 bits per heavy atom. The molecule has 0 aromatic heterocycles. The van der Waals surface area contributed by atoms with E-state index in [1.165, 1.54) is 0 Å². The summed E-state index contributed by atoms with van der Waals surface area (Å²) in [6, 6.07) is 0. The Labute approximate surface area is 86.5 Å². The molecule has 0 bridgehead atoms. The molecule has 0 aliphatic heterocycles. The first-order valence-electron chi connectivity index (χ1n) is 2.58. The lowest BCUT2D eigenvalue weighted by Gasteiger charge is -1.89. The summed E-state index contributed by atoms with van der Waals surface area (Å²) in [5.74, 6) is 0. The molecule has 0 saturated heterocycles. The van der Waals surface area contributed by atoms with Crippen molar-refractivity contribution in [1.29, 1.82) is 0 Å². The lowest BCUT2D eigenvalue weighted by atomic mass is 10.4. The Bertz CT molecular complexity index is 185. The van der Waals surface area contributed by atoms with Gasteiger partial charge in [0.25, 0.3) is 0 Å². The molecule has 0 amide bonds. The highest BCUT2D eigenvalue weighted by molar-refractivity contribution is 9.12. The molecule has 56 valence electrons. The van der Waals surface area contributed by atoms with Gasteiger partial charge in [0, 0.05) is 8.96 Å². The van der Waals surface area contributed by atoms with Crippen LogP contribution in [-0.2, 0) is 0 Å². The van der Waals surface area contributed by atoms with Gasteiger partial charge < -0.3 is 0 Å². The average Bonchev–Trinajstić information content (AvgIpc) is 1.58. The highest BCUT2D eigenvalue weighted by Gasteiger charge is 1.86. The van der Waals surface area contributed by atoms with Crippen molar-refractivity contribution in [1.82, 2.24) is 0 Å². The zero-order chi connectivity index (χ0) is 8.15. The quantitative estimate of drug-likeness (QED) is 0.655. The van der Waals surface area contributed by atoms with Gasteiger partial charge in [-0.15, -0.1) is 0 Å². The third-order valence-corrected chi connectivity index (χ3v) is 1.55. The van der Waals surface area contributed by atoms with Gasteiger partial charge >= 0.3 is 0 Å². The number of allylic oxidation sites excluding steroid dienone is 5. The van der Waals surface area contributed by atoms with Crippen molar-refractivity contribution in [3.8, 4) is 0 Å². The third-order valence-electron chi connectivity index (χ3n) is 0.631. The maximum absolute atomic E-state index is 3.67. The summed E-state index contributed by atoms with van der Waals surface area (Å²) < 4.78 is 2.91. The summed E-state index contributed by atoms with van der Waals surface area (Å²) >= 11 is 9.87. The summed E-state index contributed by atoms with van der Waals surface area (Å²) in [7, 11) is 0. The van der Waals surface area contributed by atoms with Gasteiger partial charge in [0.1, 0.15) is 0 Å². The molecule has 0 heterocycles. The molecule has 0 radical (unpaired) electrons. The van der Waals surface area contributed by atoms with Crippen LogP contribution < -0.4 is 0 Å². The van der Waals surface area contributed by atoms with E-state index in [2.05, 4.69) is 54.4 Å². The first kappa shape index (κ1) is 10.7. The molecular formula is C7H7Br3. The van der Waals surface area contributed by atoms with Crippen LogP contribution in [0.2, 0.25) is 0 Å². The first-order chi connectivity index (χ1) is 4.52. The second-order valence-corrected chi connectivity index (χ2v) is 4.89. The van der Waals surface area contributed by atoms with Crippen LogP contribution in [0.1, 0.15) is 6.92 Å². The highest BCUT2D eigenvalue weighted by Crippen LogP contribution is 2.17. The molecule has 0 N–H and O–H groups in total. The Kier molecular flexibility index (Phi) is 5.68. The summed E-state index contributed by atoms with van der Waals surface area (Å²) in [4.78, 5) is 0. The molecule has 0 atom stereocenters. The van der Waals surface area contributed by atoms with Gasteiger partial charge in [-0.3, -0.25) is 0 Å². The molecule has 0 fully saturated rings. The lowest BCUT2D eigenvalue weighted by molar-refractivity contribution is 1.68. The molecule has 3 heteroatoms. The molecule has 0 nitrogen and oxygen atoms in total. The van der Waals surface area contributed by atoms with E-state index < -0.39 is 0 Å². The second kappa shape index (κ2) is 5.33. The molecule has 10 heavy (non-hydrogen) atoms. The maximum atomic E-state index is 3.67. The number of halogens is 3. The Morgan fingerprint density at radius 2 is 1.70 bits per heavy atom. The van der Waals surface area contributed by atoms with E-state index in [-0.39, 0.29) is 0 Å².